The molecule has 0 bridgehead atoms. The predicted molar refractivity (Wildman–Crippen MR) is 122 cm³/mol. The van der Waals surface area contributed by atoms with E-state index in [-0.39, 0.29) is 18.4 Å². The van der Waals surface area contributed by atoms with E-state index in [1.165, 1.54) is 5.56 Å². The summed E-state index contributed by atoms with van der Waals surface area (Å²) in [6, 6.07) is 8.07. The van der Waals surface area contributed by atoms with Crippen LogP contribution in [0.1, 0.15) is 53.6 Å². The molecule has 1 atom stereocenters. The van der Waals surface area contributed by atoms with Crippen molar-refractivity contribution in [2.75, 3.05) is 39.9 Å². The van der Waals surface area contributed by atoms with Crippen molar-refractivity contribution < 1.29 is 23.6 Å². The molecule has 0 N–H and O–H groups in total. The number of aryl methyl sites for hydroxylation is 3. The molecule has 1 unspecified atom stereocenters. The van der Waals surface area contributed by atoms with E-state index < -0.39 is 5.60 Å². The highest BCUT2D eigenvalue weighted by molar-refractivity contribution is 5.97. The third-order valence-electron chi connectivity index (χ3n) is 6.63. The molecule has 2 aromatic rings. The van der Waals surface area contributed by atoms with Crippen molar-refractivity contribution in [3.05, 3.63) is 46.8 Å². The van der Waals surface area contributed by atoms with Crippen LogP contribution in [0.25, 0.3) is 0 Å². The molecule has 2 aliphatic rings. The SMILES string of the molecule is CCc1noc(C)c1C(=O)N1CCOC2(CCCCc3ccccc3OCCN(C)C2=O)C1. The molecule has 1 aromatic carbocycles. The van der Waals surface area contributed by atoms with Crippen molar-refractivity contribution >= 4 is 11.8 Å². The standard InChI is InChI=1S/C25H33N3O5/c1-4-20-22(18(2)33-26-20)23(29)28-14-16-32-25(17-28)12-8-7-10-19-9-5-6-11-21(19)31-15-13-27(3)24(25)30/h5-6,9,11H,4,7-8,10,12-17H2,1-3H3. The van der Waals surface area contributed by atoms with Crippen LogP contribution < -0.4 is 4.74 Å². The number of fused-ring (bicyclic) bond motifs is 1. The van der Waals surface area contributed by atoms with Crippen LogP contribution in [-0.2, 0) is 22.4 Å². The monoisotopic (exact) mass is 455 g/mol. The van der Waals surface area contributed by atoms with Gasteiger partial charge in [0.25, 0.3) is 11.8 Å². The van der Waals surface area contributed by atoms with E-state index in [2.05, 4.69) is 11.2 Å². The lowest BCUT2D eigenvalue weighted by atomic mass is 9.90. The summed E-state index contributed by atoms with van der Waals surface area (Å²) in [6.07, 6.45) is 3.76. The molecule has 0 saturated carbocycles. The highest BCUT2D eigenvalue weighted by atomic mass is 16.5. The van der Waals surface area contributed by atoms with E-state index in [1.54, 1.807) is 23.8 Å². The molecule has 2 aliphatic heterocycles. The first kappa shape index (κ1) is 23.3. The Hall–Kier alpha value is -2.87. The average molecular weight is 456 g/mol. The molecule has 1 spiro atoms. The number of amides is 2. The quantitative estimate of drug-likeness (QED) is 0.692. The van der Waals surface area contributed by atoms with Crippen molar-refractivity contribution in [1.29, 1.82) is 0 Å². The van der Waals surface area contributed by atoms with Gasteiger partial charge in [-0.15, -0.1) is 0 Å². The Kier molecular flexibility index (Phi) is 7.02. The minimum atomic E-state index is -1.06. The Morgan fingerprint density at radius 1 is 1.18 bits per heavy atom. The second kappa shape index (κ2) is 9.95. The van der Waals surface area contributed by atoms with Gasteiger partial charge in [0.15, 0.2) is 5.60 Å². The Bertz CT molecular complexity index is 1000. The number of rotatable bonds is 2. The molecule has 1 fully saturated rings. The molecule has 2 amide bonds. The number of hydrogen-bond donors (Lipinski definition) is 0. The van der Waals surface area contributed by atoms with Gasteiger partial charge in [0, 0.05) is 13.6 Å². The van der Waals surface area contributed by atoms with Crippen molar-refractivity contribution in [3.63, 3.8) is 0 Å². The number of carbonyl (C=O) groups excluding carboxylic acids is 2. The zero-order valence-corrected chi connectivity index (χ0v) is 19.8. The van der Waals surface area contributed by atoms with Gasteiger partial charge in [-0.3, -0.25) is 9.59 Å². The highest BCUT2D eigenvalue weighted by Gasteiger charge is 2.46. The van der Waals surface area contributed by atoms with Crippen LogP contribution in [-0.4, -0.2) is 72.3 Å². The largest absolute Gasteiger partial charge is 0.491 e. The summed E-state index contributed by atoms with van der Waals surface area (Å²) in [6.45, 7) is 5.51. The maximum absolute atomic E-state index is 13.6. The number of para-hydroxylation sites is 1. The number of nitrogens with zero attached hydrogens (tertiary/aromatic N) is 3. The maximum atomic E-state index is 13.6. The molecule has 0 aliphatic carbocycles. The number of morpholine rings is 1. The normalized spacial score (nSPS) is 22.3. The van der Waals surface area contributed by atoms with E-state index >= 15 is 0 Å². The van der Waals surface area contributed by atoms with Gasteiger partial charge in [-0.05, 0) is 50.7 Å². The van der Waals surface area contributed by atoms with E-state index in [0.717, 1.165) is 25.0 Å². The number of aromatic nitrogens is 1. The molecule has 8 nitrogen and oxygen atoms in total. The van der Waals surface area contributed by atoms with Crippen LogP contribution >= 0.6 is 0 Å². The zero-order chi connectivity index (χ0) is 23.4. The van der Waals surface area contributed by atoms with Crippen LogP contribution in [0.3, 0.4) is 0 Å². The zero-order valence-electron chi connectivity index (χ0n) is 19.8. The first-order valence-electron chi connectivity index (χ1n) is 11.8. The van der Waals surface area contributed by atoms with Gasteiger partial charge in [0.1, 0.15) is 23.7 Å². The van der Waals surface area contributed by atoms with E-state index in [4.69, 9.17) is 14.0 Å². The molecular weight excluding hydrogens is 422 g/mol. The van der Waals surface area contributed by atoms with Crippen LogP contribution in [0.5, 0.6) is 5.75 Å². The predicted octanol–water partition coefficient (Wildman–Crippen LogP) is 3.02. The summed E-state index contributed by atoms with van der Waals surface area (Å²) in [5, 5.41) is 4.03. The maximum Gasteiger partial charge on any atom is 0.259 e. The van der Waals surface area contributed by atoms with Gasteiger partial charge < -0.3 is 23.8 Å². The van der Waals surface area contributed by atoms with Gasteiger partial charge in [-0.1, -0.05) is 30.3 Å². The van der Waals surface area contributed by atoms with Gasteiger partial charge in [-0.25, -0.2) is 0 Å². The van der Waals surface area contributed by atoms with Gasteiger partial charge in [-0.2, -0.15) is 0 Å². The minimum Gasteiger partial charge on any atom is -0.491 e. The molecule has 178 valence electrons. The summed E-state index contributed by atoms with van der Waals surface area (Å²) in [5.41, 5.74) is 1.28. The third kappa shape index (κ3) is 4.76. The van der Waals surface area contributed by atoms with Crippen molar-refractivity contribution in [1.82, 2.24) is 15.0 Å². The van der Waals surface area contributed by atoms with E-state index in [9.17, 15) is 9.59 Å². The number of likely N-dealkylation sites (N-methyl/N-ethyl adjacent to an activating group) is 1. The Balaban J connectivity index is 1.56. The molecule has 33 heavy (non-hydrogen) atoms. The number of benzene rings is 1. The second-order valence-electron chi connectivity index (χ2n) is 8.87. The fraction of sp³-hybridized carbons (Fsp3) is 0.560. The number of hydrogen-bond acceptors (Lipinski definition) is 6. The van der Waals surface area contributed by atoms with Crippen LogP contribution in [0.2, 0.25) is 0 Å². The molecule has 1 aromatic heterocycles. The fourth-order valence-electron chi connectivity index (χ4n) is 4.76. The van der Waals surface area contributed by atoms with Gasteiger partial charge in [0.2, 0.25) is 0 Å². The molecule has 8 heteroatoms. The van der Waals surface area contributed by atoms with Crippen LogP contribution in [0.15, 0.2) is 28.8 Å². The number of carbonyl (C=O) groups is 2. The lowest BCUT2D eigenvalue weighted by molar-refractivity contribution is -0.169. The lowest BCUT2D eigenvalue weighted by Gasteiger charge is -2.43. The van der Waals surface area contributed by atoms with E-state index in [0.29, 0.717) is 56.2 Å². The highest BCUT2D eigenvalue weighted by Crippen LogP contribution is 2.30. The summed E-state index contributed by atoms with van der Waals surface area (Å²) in [7, 11) is 1.77. The Labute approximate surface area is 194 Å². The van der Waals surface area contributed by atoms with Crippen molar-refractivity contribution in [3.8, 4) is 5.75 Å². The Morgan fingerprint density at radius 2 is 2.00 bits per heavy atom. The summed E-state index contributed by atoms with van der Waals surface area (Å²) >= 11 is 0. The second-order valence-corrected chi connectivity index (χ2v) is 8.87. The third-order valence-corrected chi connectivity index (χ3v) is 6.63. The number of ether oxygens (including phenoxy) is 2. The van der Waals surface area contributed by atoms with Crippen molar-refractivity contribution in [2.24, 2.45) is 0 Å². The van der Waals surface area contributed by atoms with Crippen molar-refractivity contribution in [2.45, 2.75) is 51.6 Å². The average Bonchev–Trinajstić information content (AvgIpc) is 3.21. The smallest absolute Gasteiger partial charge is 0.259 e. The van der Waals surface area contributed by atoms with Gasteiger partial charge in [0.05, 0.1) is 25.4 Å². The van der Waals surface area contributed by atoms with Crippen LogP contribution in [0.4, 0.5) is 0 Å². The molecule has 3 heterocycles. The molecule has 1 saturated heterocycles. The Morgan fingerprint density at radius 3 is 2.82 bits per heavy atom. The molecule has 0 radical (unpaired) electrons. The molecule has 4 rings (SSSR count). The fourth-order valence-corrected chi connectivity index (χ4v) is 4.76. The summed E-state index contributed by atoms with van der Waals surface area (Å²) in [4.78, 5) is 30.4. The summed E-state index contributed by atoms with van der Waals surface area (Å²) < 4.78 is 17.4. The minimum absolute atomic E-state index is 0.102. The topological polar surface area (TPSA) is 85.1 Å². The molecular formula is C25H33N3O5. The van der Waals surface area contributed by atoms with Gasteiger partial charge >= 0.3 is 0 Å². The van der Waals surface area contributed by atoms with E-state index in [1.807, 2.05) is 25.1 Å². The first-order chi connectivity index (χ1) is 15.9. The first-order valence-corrected chi connectivity index (χ1v) is 11.8. The summed E-state index contributed by atoms with van der Waals surface area (Å²) in [5.74, 6) is 1.15. The van der Waals surface area contributed by atoms with Crippen LogP contribution in [0, 0.1) is 6.92 Å². The lowest BCUT2D eigenvalue weighted by Crippen LogP contribution is -2.61.